The fourth-order valence-corrected chi connectivity index (χ4v) is 4.38. The molecule has 3 heterocycles. The molecule has 0 unspecified atom stereocenters. The summed E-state index contributed by atoms with van der Waals surface area (Å²) in [5, 5.41) is 0.942. The van der Waals surface area contributed by atoms with Gasteiger partial charge < -0.3 is 14.2 Å². The van der Waals surface area contributed by atoms with Crippen LogP contribution in [0.1, 0.15) is 33.5 Å². The molecule has 0 spiro atoms. The number of carbonyl (C=O) groups is 1. The van der Waals surface area contributed by atoms with Crippen molar-refractivity contribution < 1.29 is 19.0 Å². The van der Waals surface area contributed by atoms with Gasteiger partial charge >= 0.3 is 5.97 Å². The van der Waals surface area contributed by atoms with Crippen LogP contribution in [0.5, 0.6) is 11.6 Å². The highest BCUT2D eigenvalue weighted by Crippen LogP contribution is 2.36. The average Bonchev–Trinajstić information content (AvgIpc) is 3.03. The Hall–Kier alpha value is -2.55. The molecule has 0 bridgehead atoms. The van der Waals surface area contributed by atoms with Crippen LogP contribution < -0.4 is 4.74 Å². The zero-order valence-electron chi connectivity index (χ0n) is 17.4. The number of hydrogen-bond acceptors (Lipinski definition) is 8. The summed E-state index contributed by atoms with van der Waals surface area (Å²) in [6, 6.07) is 6.92. The number of aromatic nitrogens is 2. The molecule has 7 nitrogen and oxygen atoms in total. The molecule has 0 atom stereocenters. The summed E-state index contributed by atoms with van der Waals surface area (Å²) in [7, 11) is 0. The van der Waals surface area contributed by atoms with E-state index < -0.39 is 0 Å². The second-order valence-corrected chi connectivity index (χ2v) is 8.35. The van der Waals surface area contributed by atoms with Gasteiger partial charge in [-0.3, -0.25) is 4.90 Å². The summed E-state index contributed by atoms with van der Waals surface area (Å²) in [5.74, 6) is 1.56. The third kappa shape index (κ3) is 4.45. The first kappa shape index (κ1) is 20.7. The fourth-order valence-electron chi connectivity index (χ4n) is 3.34. The fraction of sp³-hybridized carbons (Fsp3) is 0.409. The number of benzene rings is 1. The number of thiophene rings is 1. The number of rotatable bonds is 6. The molecule has 1 aromatic carbocycles. The van der Waals surface area contributed by atoms with E-state index in [0.717, 1.165) is 47.9 Å². The molecule has 158 valence electrons. The van der Waals surface area contributed by atoms with Crippen molar-refractivity contribution in [2.75, 3.05) is 32.9 Å². The van der Waals surface area contributed by atoms with Crippen molar-refractivity contribution in [3.8, 4) is 11.6 Å². The van der Waals surface area contributed by atoms with Crippen molar-refractivity contribution in [2.45, 2.75) is 27.3 Å². The predicted octanol–water partition coefficient (Wildman–Crippen LogP) is 4.11. The Labute approximate surface area is 179 Å². The third-order valence-electron chi connectivity index (χ3n) is 5.09. The molecule has 2 aromatic heterocycles. The standard InChI is InChI=1S/C22H25N3O4S/c1-4-28-22(26)16-5-7-17(8-6-16)29-20-19-14(2)15(3)30-21(19)24-18(23-20)13-25-9-11-27-12-10-25/h5-8H,4,9-13H2,1-3H3. The predicted molar refractivity (Wildman–Crippen MR) is 115 cm³/mol. The van der Waals surface area contributed by atoms with E-state index in [0.29, 0.717) is 30.3 Å². The van der Waals surface area contributed by atoms with Gasteiger partial charge in [-0.25, -0.2) is 9.78 Å². The maximum atomic E-state index is 11.9. The number of morpholine rings is 1. The summed E-state index contributed by atoms with van der Waals surface area (Å²) in [6.45, 7) is 10.1. The van der Waals surface area contributed by atoms with Gasteiger partial charge in [-0.1, -0.05) is 0 Å². The summed E-state index contributed by atoms with van der Waals surface area (Å²) in [5.41, 5.74) is 1.62. The number of aryl methyl sites for hydroxylation is 2. The minimum atomic E-state index is -0.342. The molecular formula is C22H25N3O4S. The van der Waals surface area contributed by atoms with Gasteiger partial charge in [0.25, 0.3) is 0 Å². The molecule has 4 rings (SSSR count). The molecule has 0 aliphatic carbocycles. The maximum Gasteiger partial charge on any atom is 0.338 e. The summed E-state index contributed by atoms with van der Waals surface area (Å²) >= 11 is 1.66. The van der Waals surface area contributed by atoms with Gasteiger partial charge in [-0.2, -0.15) is 4.98 Å². The van der Waals surface area contributed by atoms with Crippen LogP contribution >= 0.6 is 11.3 Å². The molecule has 3 aromatic rings. The topological polar surface area (TPSA) is 73.8 Å². The number of carbonyl (C=O) groups excluding carboxylic acids is 1. The van der Waals surface area contributed by atoms with Crippen molar-refractivity contribution in [3.63, 3.8) is 0 Å². The zero-order valence-corrected chi connectivity index (χ0v) is 18.3. The van der Waals surface area contributed by atoms with E-state index in [9.17, 15) is 4.79 Å². The van der Waals surface area contributed by atoms with Gasteiger partial charge in [0.2, 0.25) is 5.88 Å². The van der Waals surface area contributed by atoms with E-state index in [1.54, 1.807) is 42.5 Å². The third-order valence-corrected chi connectivity index (χ3v) is 6.19. The smallest absolute Gasteiger partial charge is 0.338 e. The lowest BCUT2D eigenvalue weighted by atomic mass is 10.2. The lowest BCUT2D eigenvalue weighted by Gasteiger charge is -2.25. The van der Waals surface area contributed by atoms with Gasteiger partial charge in [-0.05, 0) is 50.6 Å². The summed E-state index contributed by atoms with van der Waals surface area (Å²) < 4.78 is 16.6. The van der Waals surface area contributed by atoms with E-state index in [1.165, 1.54) is 4.88 Å². The van der Waals surface area contributed by atoms with Crippen LogP contribution in [0.2, 0.25) is 0 Å². The molecule has 1 aliphatic rings. The van der Waals surface area contributed by atoms with E-state index >= 15 is 0 Å². The number of fused-ring (bicyclic) bond motifs is 1. The normalized spacial score (nSPS) is 14.8. The SMILES string of the molecule is CCOC(=O)c1ccc(Oc2nc(CN3CCOCC3)nc3sc(C)c(C)c23)cc1. The van der Waals surface area contributed by atoms with E-state index in [2.05, 4.69) is 18.7 Å². The van der Waals surface area contributed by atoms with Crippen molar-refractivity contribution in [2.24, 2.45) is 0 Å². The Balaban J connectivity index is 1.63. The molecule has 1 aliphatic heterocycles. The number of hydrogen-bond donors (Lipinski definition) is 0. The highest BCUT2D eigenvalue weighted by atomic mass is 32.1. The zero-order chi connectivity index (χ0) is 21.1. The van der Waals surface area contributed by atoms with Crippen molar-refractivity contribution in [3.05, 3.63) is 46.1 Å². The van der Waals surface area contributed by atoms with Gasteiger partial charge in [-0.15, -0.1) is 11.3 Å². The Morgan fingerprint density at radius 3 is 2.60 bits per heavy atom. The van der Waals surface area contributed by atoms with Crippen molar-refractivity contribution in [1.29, 1.82) is 0 Å². The highest BCUT2D eigenvalue weighted by Gasteiger charge is 2.19. The molecule has 1 fully saturated rings. The van der Waals surface area contributed by atoms with Gasteiger partial charge in [0.05, 0.1) is 37.3 Å². The number of ether oxygens (including phenoxy) is 3. The van der Waals surface area contributed by atoms with Crippen LogP contribution in [-0.4, -0.2) is 53.7 Å². The molecule has 8 heteroatoms. The van der Waals surface area contributed by atoms with Gasteiger partial charge in [0.1, 0.15) is 16.4 Å². The lowest BCUT2D eigenvalue weighted by Crippen LogP contribution is -2.36. The number of nitrogens with zero attached hydrogens (tertiary/aromatic N) is 3. The number of esters is 1. The monoisotopic (exact) mass is 427 g/mol. The maximum absolute atomic E-state index is 11.9. The largest absolute Gasteiger partial charge is 0.462 e. The lowest BCUT2D eigenvalue weighted by molar-refractivity contribution is 0.0330. The second-order valence-electron chi connectivity index (χ2n) is 7.14. The van der Waals surface area contributed by atoms with E-state index in [-0.39, 0.29) is 5.97 Å². The summed E-state index contributed by atoms with van der Waals surface area (Å²) in [6.07, 6.45) is 0. The van der Waals surface area contributed by atoms with Crippen molar-refractivity contribution in [1.82, 2.24) is 14.9 Å². The first-order valence-corrected chi connectivity index (χ1v) is 10.9. The minimum absolute atomic E-state index is 0.342. The average molecular weight is 428 g/mol. The Kier molecular flexibility index (Phi) is 6.26. The second kappa shape index (κ2) is 9.07. The molecule has 0 saturated carbocycles. The first-order valence-electron chi connectivity index (χ1n) is 10.1. The quantitative estimate of drug-likeness (QED) is 0.548. The van der Waals surface area contributed by atoms with Crippen LogP contribution in [0, 0.1) is 13.8 Å². The first-order chi connectivity index (χ1) is 14.5. The van der Waals surface area contributed by atoms with E-state index in [4.69, 9.17) is 24.2 Å². The van der Waals surface area contributed by atoms with Crippen LogP contribution in [-0.2, 0) is 16.0 Å². The van der Waals surface area contributed by atoms with Crippen LogP contribution in [0.25, 0.3) is 10.2 Å². The Morgan fingerprint density at radius 1 is 1.17 bits per heavy atom. The molecule has 0 amide bonds. The van der Waals surface area contributed by atoms with Gasteiger partial charge in [0, 0.05) is 18.0 Å². The minimum Gasteiger partial charge on any atom is -0.462 e. The molecule has 0 N–H and O–H groups in total. The summed E-state index contributed by atoms with van der Waals surface area (Å²) in [4.78, 5) is 25.8. The molecule has 30 heavy (non-hydrogen) atoms. The molecular weight excluding hydrogens is 402 g/mol. The van der Waals surface area contributed by atoms with Gasteiger partial charge in [0.15, 0.2) is 0 Å². The highest BCUT2D eigenvalue weighted by molar-refractivity contribution is 7.18. The van der Waals surface area contributed by atoms with Crippen LogP contribution in [0.3, 0.4) is 0 Å². The van der Waals surface area contributed by atoms with Crippen molar-refractivity contribution >= 4 is 27.5 Å². The Morgan fingerprint density at radius 2 is 1.90 bits per heavy atom. The van der Waals surface area contributed by atoms with E-state index in [1.807, 2.05) is 0 Å². The molecule has 0 radical (unpaired) electrons. The molecule has 1 saturated heterocycles. The Bertz CT molecular complexity index is 1040. The van der Waals surface area contributed by atoms with Crippen LogP contribution in [0.4, 0.5) is 0 Å². The van der Waals surface area contributed by atoms with Crippen LogP contribution in [0.15, 0.2) is 24.3 Å².